The maximum absolute atomic E-state index is 12.7. The molecule has 17 heteroatoms. The molecule has 0 spiro atoms. The van der Waals surface area contributed by atoms with E-state index in [-0.39, 0.29) is 32.3 Å². The van der Waals surface area contributed by atoms with Crippen LogP contribution in [-0.4, -0.2) is 162 Å². The molecule has 0 aromatic heterocycles. The third-order valence-electron chi connectivity index (χ3n) is 8.10. The van der Waals surface area contributed by atoms with Gasteiger partial charge in [-0.1, -0.05) is 0 Å². The first-order valence-electron chi connectivity index (χ1n) is 14.4. The Labute approximate surface area is 245 Å². The monoisotopic (exact) mass is 610 g/mol. The molecule has 3 fully saturated rings. The maximum Gasteiger partial charge on any atom is 0.251 e. The van der Waals surface area contributed by atoms with E-state index in [1.165, 1.54) is 6.92 Å². The van der Waals surface area contributed by atoms with E-state index >= 15 is 0 Å². The van der Waals surface area contributed by atoms with Gasteiger partial charge < -0.3 is 82.7 Å². The lowest BCUT2D eigenvalue weighted by Crippen LogP contribution is -2.69. The summed E-state index contributed by atoms with van der Waals surface area (Å²) in [5, 5.41) is 70.6. The summed E-state index contributed by atoms with van der Waals surface area (Å²) >= 11 is 0. The summed E-state index contributed by atoms with van der Waals surface area (Å²) in [7, 11) is 1.55. The van der Waals surface area contributed by atoms with Crippen molar-refractivity contribution < 1.29 is 54.4 Å². The van der Waals surface area contributed by atoms with Crippen LogP contribution in [0.25, 0.3) is 0 Å². The smallest absolute Gasteiger partial charge is 0.251 e. The van der Waals surface area contributed by atoms with E-state index in [2.05, 4.69) is 16.0 Å². The third-order valence-corrected chi connectivity index (χ3v) is 8.10. The van der Waals surface area contributed by atoms with Gasteiger partial charge >= 0.3 is 0 Å². The van der Waals surface area contributed by atoms with Crippen molar-refractivity contribution in [2.75, 3.05) is 39.9 Å². The van der Waals surface area contributed by atoms with Crippen molar-refractivity contribution >= 4 is 5.91 Å². The third kappa shape index (κ3) is 8.52. The molecule has 0 radical (unpaired) electrons. The van der Waals surface area contributed by atoms with E-state index in [1.807, 2.05) is 0 Å². The van der Waals surface area contributed by atoms with Crippen molar-refractivity contribution in [3.05, 3.63) is 0 Å². The van der Waals surface area contributed by atoms with Crippen molar-refractivity contribution in [1.82, 2.24) is 16.0 Å². The number of rotatable bonds is 13. The maximum atomic E-state index is 12.7. The van der Waals surface area contributed by atoms with Crippen LogP contribution in [0.3, 0.4) is 0 Å². The van der Waals surface area contributed by atoms with Crippen LogP contribution in [0.4, 0.5) is 0 Å². The van der Waals surface area contributed by atoms with Crippen molar-refractivity contribution in [3.63, 3.8) is 0 Å². The molecule has 2 aliphatic heterocycles. The number of nitrogens with two attached hydrogens (primary N) is 3. The van der Waals surface area contributed by atoms with Crippen LogP contribution in [0.2, 0.25) is 0 Å². The fourth-order valence-corrected chi connectivity index (χ4v) is 5.68. The van der Waals surface area contributed by atoms with Crippen molar-refractivity contribution in [2.45, 2.75) is 111 Å². The lowest BCUT2D eigenvalue weighted by molar-refractivity contribution is -0.307. The molecule has 1 amide bonds. The number of amides is 1. The number of aliphatic hydroxyl groups is 6. The summed E-state index contributed by atoms with van der Waals surface area (Å²) in [5.41, 5.74) is 16.6. The highest BCUT2D eigenvalue weighted by Gasteiger charge is 2.52. The van der Waals surface area contributed by atoms with Gasteiger partial charge in [0.05, 0.1) is 37.4 Å². The highest BCUT2D eigenvalue weighted by Crippen LogP contribution is 2.32. The van der Waals surface area contributed by atoms with Crippen LogP contribution in [0, 0.1) is 0 Å². The minimum Gasteiger partial charge on any atom is -0.395 e. The molecule has 3 aliphatic rings. The standard InChI is InChI=1S/C25H50N6O11/c1-25(38)10-39-24(18(36)21(25)29-2)42-20-14(31-22(37)16(34)15(33)8-26)7-13(28)19(17(20)35)41-23-12(27)4-3-11(40-23)9-30-5-6-32/h11-21,23-24,29-30,32-36,38H,3-10,26-28H2,1-2H3,(H,31,37). The lowest BCUT2D eigenvalue weighted by atomic mass is 9.83. The van der Waals surface area contributed by atoms with E-state index in [1.54, 1.807) is 7.05 Å². The molecule has 14 unspecified atom stereocenters. The SMILES string of the molecule is CNC1C(O)C(OC2C(NC(=O)C(O)C(O)CN)CC(N)C(OC3OC(CNCCO)CCC3N)C2O)OCC1(C)O. The second-order valence-corrected chi connectivity index (χ2v) is 11.5. The van der Waals surface area contributed by atoms with E-state index in [4.69, 9.17) is 41.3 Å². The average molecular weight is 611 g/mol. The van der Waals surface area contributed by atoms with Gasteiger partial charge in [0.2, 0.25) is 0 Å². The summed E-state index contributed by atoms with van der Waals surface area (Å²) < 4.78 is 23.8. The van der Waals surface area contributed by atoms with E-state index in [9.17, 15) is 30.3 Å². The zero-order valence-corrected chi connectivity index (χ0v) is 24.1. The first-order chi connectivity index (χ1) is 19.8. The molecule has 3 rings (SSSR count). The summed E-state index contributed by atoms with van der Waals surface area (Å²) in [4.78, 5) is 12.7. The Kier molecular flexibility index (Phi) is 13.2. The Morgan fingerprint density at radius 2 is 1.79 bits per heavy atom. The number of carbonyl (C=O) groups excluding carboxylic acids is 1. The fourth-order valence-electron chi connectivity index (χ4n) is 5.68. The number of ether oxygens (including phenoxy) is 4. The number of hydrogen-bond acceptors (Lipinski definition) is 16. The Hall–Kier alpha value is -1.13. The highest BCUT2D eigenvalue weighted by molar-refractivity contribution is 5.81. The van der Waals surface area contributed by atoms with Crippen LogP contribution in [0.5, 0.6) is 0 Å². The molecule has 14 atom stereocenters. The number of nitrogens with one attached hydrogen (secondary N) is 3. The number of carbonyl (C=O) groups is 1. The van der Waals surface area contributed by atoms with Crippen LogP contribution in [0.1, 0.15) is 26.2 Å². The average Bonchev–Trinajstić information content (AvgIpc) is 2.94. The largest absolute Gasteiger partial charge is 0.395 e. The van der Waals surface area contributed by atoms with Gasteiger partial charge in [-0.15, -0.1) is 0 Å². The molecule has 0 aromatic rings. The molecule has 2 saturated heterocycles. The molecule has 17 nitrogen and oxygen atoms in total. The van der Waals surface area contributed by atoms with Gasteiger partial charge in [-0.3, -0.25) is 4.79 Å². The minimum absolute atomic E-state index is 0.0109. The molecule has 15 N–H and O–H groups in total. The first-order valence-corrected chi connectivity index (χ1v) is 14.4. The molecule has 0 aromatic carbocycles. The van der Waals surface area contributed by atoms with Crippen molar-refractivity contribution in [1.29, 1.82) is 0 Å². The normalized spacial score (nSPS) is 42.6. The molecular formula is C25H50N6O11. The zero-order valence-electron chi connectivity index (χ0n) is 24.1. The van der Waals surface area contributed by atoms with Crippen molar-refractivity contribution in [3.8, 4) is 0 Å². The van der Waals surface area contributed by atoms with Crippen LogP contribution < -0.4 is 33.2 Å². The second kappa shape index (κ2) is 15.7. The summed E-state index contributed by atoms with van der Waals surface area (Å²) in [6, 6.07) is -3.27. The van der Waals surface area contributed by atoms with E-state index < -0.39 is 84.9 Å². The Morgan fingerprint density at radius 1 is 1.10 bits per heavy atom. The van der Waals surface area contributed by atoms with Gasteiger partial charge in [0.15, 0.2) is 18.7 Å². The van der Waals surface area contributed by atoms with E-state index in [0.717, 1.165) is 0 Å². The number of hydrogen-bond donors (Lipinski definition) is 12. The Morgan fingerprint density at radius 3 is 2.43 bits per heavy atom. The molecule has 42 heavy (non-hydrogen) atoms. The molecule has 1 saturated carbocycles. The van der Waals surface area contributed by atoms with Gasteiger partial charge in [-0.05, 0) is 33.2 Å². The number of likely N-dealkylation sites (N-methyl/N-ethyl adjacent to an activating group) is 1. The summed E-state index contributed by atoms with van der Waals surface area (Å²) in [5.74, 6) is -0.970. The minimum atomic E-state index is -1.86. The predicted molar refractivity (Wildman–Crippen MR) is 146 cm³/mol. The molecule has 1 aliphatic carbocycles. The molecule has 2 heterocycles. The topological polar surface area (TPSA) is 290 Å². The molecule has 0 bridgehead atoms. The van der Waals surface area contributed by atoms with Gasteiger partial charge in [0, 0.05) is 25.7 Å². The van der Waals surface area contributed by atoms with Crippen LogP contribution in [-0.2, 0) is 23.7 Å². The number of aliphatic hydroxyl groups excluding tert-OH is 5. The predicted octanol–water partition coefficient (Wildman–Crippen LogP) is -6.52. The van der Waals surface area contributed by atoms with Crippen molar-refractivity contribution in [2.24, 2.45) is 17.2 Å². The Balaban J connectivity index is 1.80. The first kappa shape index (κ1) is 35.4. The molecular weight excluding hydrogens is 560 g/mol. The van der Waals surface area contributed by atoms with Gasteiger partial charge in [-0.25, -0.2) is 0 Å². The second-order valence-electron chi connectivity index (χ2n) is 11.5. The van der Waals surface area contributed by atoms with Gasteiger partial charge in [0.1, 0.15) is 36.1 Å². The van der Waals surface area contributed by atoms with Crippen LogP contribution in [0.15, 0.2) is 0 Å². The van der Waals surface area contributed by atoms with E-state index in [0.29, 0.717) is 25.9 Å². The van der Waals surface area contributed by atoms with Gasteiger partial charge in [-0.2, -0.15) is 0 Å². The summed E-state index contributed by atoms with van der Waals surface area (Å²) in [6.07, 6.45) is -9.98. The fraction of sp³-hybridized carbons (Fsp3) is 0.960. The zero-order chi connectivity index (χ0) is 31.2. The molecule has 246 valence electrons. The van der Waals surface area contributed by atoms with Gasteiger partial charge in [0.25, 0.3) is 5.91 Å². The van der Waals surface area contributed by atoms with Crippen LogP contribution >= 0.6 is 0 Å². The Bertz CT molecular complexity index is 847. The highest BCUT2D eigenvalue weighted by atomic mass is 16.7. The quantitative estimate of drug-likeness (QED) is 0.0863. The summed E-state index contributed by atoms with van der Waals surface area (Å²) in [6.45, 7) is 1.73. The lowest BCUT2D eigenvalue weighted by Gasteiger charge is -2.49.